The molecule has 3 fully saturated rings. The Morgan fingerprint density at radius 2 is 1.73 bits per heavy atom. The number of halogens is 1. The highest BCUT2D eigenvalue weighted by molar-refractivity contribution is 6.31. The molecule has 4 aromatic heterocycles. The van der Waals surface area contributed by atoms with E-state index >= 15 is 0 Å². The van der Waals surface area contributed by atoms with Crippen LogP contribution in [0.25, 0.3) is 33.3 Å². The number of amides is 2. The number of carbonyl (C=O) groups excluding carboxylic acids is 2. The average Bonchev–Trinajstić information content (AvgIpc) is 3.75. The number of nitriles is 1. The van der Waals surface area contributed by atoms with Gasteiger partial charge in [0.1, 0.15) is 17.6 Å². The summed E-state index contributed by atoms with van der Waals surface area (Å²) < 4.78 is 14.0. The Labute approximate surface area is 396 Å². The number of ether oxygens (including phenoxy) is 2. The van der Waals surface area contributed by atoms with E-state index in [4.69, 9.17) is 46.4 Å². The molecule has 3 aliphatic heterocycles. The van der Waals surface area contributed by atoms with Gasteiger partial charge < -0.3 is 24.6 Å². The van der Waals surface area contributed by atoms with E-state index in [2.05, 4.69) is 57.4 Å². The minimum atomic E-state index is -0.0984. The maximum atomic E-state index is 13.1. The second kappa shape index (κ2) is 19.9. The summed E-state index contributed by atoms with van der Waals surface area (Å²) in [5.74, 6) is 2.18. The zero-order chi connectivity index (χ0) is 45.9. The molecule has 2 aromatic carbocycles. The SMILES string of the molecule is CC(=O)N1CCc2c(c(-c3cccc4cc(-c5ccc(CCC6CCN(c7ccc(C(=O)NC8CCC(Oc9ccc(C#N)c(Cl)c9)CC8)cn7)CC6)nc5)ncc34)nn2C2CCOCC2)C1. The maximum absolute atomic E-state index is 13.1. The van der Waals surface area contributed by atoms with Crippen molar-refractivity contribution < 1.29 is 19.1 Å². The first-order valence-electron chi connectivity index (χ1n) is 23.9. The summed E-state index contributed by atoms with van der Waals surface area (Å²) in [5, 5.41) is 20.1. The number of rotatable bonds is 11. The molecule has 1 saturated carbocycles. The van der Waals surface area contributed by atoms with E-state index < -0.39 is 0 Å². The molecule has 67 heavy (non-hydrogen) atoms. The number of aromatic nitrogens is 5. The summed E-state index contributed by atoms with van der Waals surface area (Å²) in [6.45, 7) is 6.29. The van der Waals surface area contributed by atoms with Crippen LogP contribution in [0, 0.1) is 17.2 Å². The van der Waals surface area contributed by atoms with E-state index in [1.54, 1.807) is 31.3 Å². The molecule has 7 heterocycles. The van der Waals surface area contributed by atoms with Crippen LogP contribution in [0.15, 0.2) is 85.3 Å². The quantitative estimate of drug-likeness (QED) is 0.133. The van der Waals surface area contributed by atoms with Crippen LogP contribution in [0.2, 0.25) is 5.02 Å². The highest BCUT2D eigenvalue weighted by atomic mass is 35.5. The van der Waals surface area contributed by atoms with Crippen LogP contribution < -0.4 is 15.0 Å². The minimum Gasteiger partial charge on any atom is -0.490 e. The summed E-state index contributed by atoms with van der Waals surface area (Å²) in [7, 11) is 0. The fourth-order valence-corrected chi connectivity index (χ4v) is 10.6. The molecule has 0 unspecified atom stereocenters. The minimum absolute atomic E-state index is 0.0449. The van der Waals surface area contributed by atoms with Crippen molar-refractivity contribution in [2.45, 2.75) is 102 Å². The fourth-order valence-electron chi connectivity index (χ4n) is 10.4. The number of aryl methyl sites for hydroxylation is 1. The van der Waals surface area contributed by atoms with Gasteiger partial charge in [0.2, 0.25) is 5.91 Å². The van der Waals surface area contributed by atoms with Gasteiger partial charge in [0.15, 0.2) is 0 Å². The summed E-state index contributed by atoms with van der Waals surface area (Å²) in [6.07, 6.45) is 15.8. The number of nitrogens with one attached hydrogen (secondary N) is 1. The molecular weight excluding hydrogens is 862 g/mol. The van der Waals surface area contributed by atoms with Crippen LogP contribution in [0.1, 0.15) is 104 Å². The number of carbonyl (C=O) groups is 2. The van der Waals surface area contributed by atoms with Crippen molar-refractivity contribution in [3.63, 3.8) is 0 Å². The molecule has 0 spiro atoms. The molecule has 4 aliphatic rings. The third-order valence-electron chi connectivity index (χ3n) is 14.3. The Hall–Kier alpha value is -6.36. The zero-order valence-corrected chi connectivity index (χ0v) is 38.8. The highest BCUT2D eigenvalue weighted by Gasteiger charge is 2.31. The van der Waals surface area contributed by atoms with Gasteiger partial charge in [-0.1, -0.05) is 29.8 Å². The lowest BCUT2D eigenvalue weighted by Gasteiger charge is -2.33. The van der Waals surface area contributed by atoms with Crippen molar-refractivity contribution in [1.82, 2.24) is 34.9 Å². The molecule has 14 heteroatoms. The second-order valence-corrected chi connectivity index (χ2v) is 19.0. The largest absolute Gasteiger partial charge is 0.490 e. The van der Waals surface area contributed by atoms with Gasteiger partial charge in [-0.3, -0.25) is 24.2 Å². The number of hydrogen-bond acceptors (Lipinski definition) is 10. The summed E-state index contributed by atoms with van der Waals surface area (Å²) in [6, 6.07) is 24.2. The van der Waals surface area contributed by atoms with Crippen molar-refractivity contribution >= 4 is 40.0 Å². The predicted molar refractivity (Wildman–Crippen MR) is 258 cm³/mol. The number of nitrogens with zero attached hydrogens (tertiary/aromatic N) is 8. The molecule has 2 saturated heterocycles. The molecular formula is C53H56ClN9O4. The van der Waals surface area contributed by atoms with E-state index in [1.165, 1.54) is 5.69 Å². The van der Waals surface area contributed by atoms with Crippen molar-refractivity contribution in [2.75, 3.05) is 37.7 Å². The molecule has 2 amide bonds. The average molecular weight is 919 g/mol. The maximum Gasteiger partial charge on any atom is 0.253 e. The summed E-state index contributed by atoms with van der Waals surface area (Å²) in [5.41, 5.74) is 8.34. The van der Waals surface area contributed by atoms with Crippen LogP contribution in [0.5, 0.6) is 5.75 Å². The standard InChI is InChI=1S/C53H56ClN9O4/c1-34(64)62-24-19-50-47(33-62)52(60-63(50)42-20-25-66-26-21-42)45-4-2-3-36-27-49(57-32-46(36)45)38-6-10-40(56-30-38)9-5-35-17-22-61(23-18-35)51-16-8-39(31-58-51)53(65)59-41-11-14-43(15-12-41)67-44-13-7-37(29-55)48(54)28-44/h2-4,6-8,10,13,16,27-28,30-32,35,41-43H,5,9,11-12,14-15,17-26,33H2,1H3,(H,59,65). The highest BCUT2D eigenvalue weighted by Crippen LogP contribution is 2.38. The van der Waals surface area contributed by atoms with Gasteiger partial charge in [0.05, 0.1) is 39.7 Å². The number of fused-ring (bicyclic) bond motifs is 2. The molecule has 1 aliphatic carbocycles. The number of anilines is 1. The van der Waals surface area contributed by atoms with Crippen molar-refractivity contribution in [3.8, 4) is 34.3 Å². The van der Waals surface area contributed by atoms with Crippen LogP contribution >= 0.6 is 11.6 Å². The lowest BCUT2D eigenvalue weighted by molar-refractivity contribution is -0.129. The molecule has 13 nitrogen and oxygen atoms in total. The molecule has 6 aromatic rings. The zero-order valence-electron chi connectivity index (χ0n) is 38.0. The Morgan fingerprint density at radius 3 is 2.46 bits per heavy atom. The first-order chi connectivity index (χ1) is 32.8. The van der Waals surface area contributed by atoms with Crippen LogP contribution in [0.3, 0.4) is 0 Å². The number of benzene rings is 2. The Balaban J connectivity index is 0.703. The lowest BCUT2D eigenvalue weighted by Crippen LogP contribution is -2.39. The molecule has 10 rings (SSSR count). The number of pyridine rings is 3. The van der Waals surface area contributed by atoms with Crippen molar-refractivity contribution in [2.24, 2.45) is 5.92 Å². The van der Waals surface area contributed by atoms with Gasteiger partial charge in [-0.2, -0.15) is 10.4 Å². The molecule has 0 bridgehead atoms. The molecule has 1 N–H and O–H groups in total. The van der Waals surface area contributed by atoms with E-state index in [0.717, 1.165) is 147 Å². The molecule has 344 valence electrons. The van der Waals surface area contributed by atoms with Crippen LogP contribution in [-0.4, -0.2) is 86.4 Å². The third kappa shape index (κ3) is 9.88. The van der Waals surface area contributed by atoms with Gasteiger partial charge in [-0.05, 0) is 118 Å². The first-order valence-corrected chi connectivity index (χ1v) is 24.3. The Bertz CT molecular complexity index is 2780. The Morgan fingerprint density at radius 1 is 0.896 bits per heavy atom. The van der Waals surface area contributed by atoms with Crippen LogP contribution in [0.4, 0.5) is 5.82 Å². The summed E-state index contributed by atoms with van der Waals surface area (Å²) in [4.78, 5) is 44.4. The van der Waals surface area contributed by atoms with Gasteiger partial charge in [-0.15, -0.1) is 0 Å². The van der Waals surface area contributed by atoms with Gasteiger partial charge in [0.25, 0.3) is 5.91 Å². The first kappa shape index (κ1) is 44.5. The monoisotopic (exact) mass is 917 g/mol. The second-order valence-electron chi connectivity index (χ2n) is 18.6. The molecule has 0 radical (unpaired) electrons. The lowest BCUT2D eigenvalue weighted by atomic mass is 9.91. The third-order valence-corrected chi connectivity index (χ3v) is 14.7. The smallest absolute Gasteiger partial charge is 0.253 e. The Kier molecular flexibility index (Phi) is 13.2. The number of piperidine rings is 1. The van der Waals surface area contributed by atoms with E-state index in [-0.39, 0.29) is 24.0 Å². The van der Waals surface area contributed by atoms with Crippen molar-refractivity contribution in [1.29, 1.82) is 5.26 Å². The van der Waals surface area contributed by atoms with E-state index in [1.807, 2.05) is 29.4 Å². The predicted octanol–water partition coefficient (Wildman–Crippen LogP) is 9.31. The van der Waals surface area contributed by atoms with Gasteiger partial charge in [0, 0.05) is 117 Å². The topological polar surface area (TPSA) is 151 Å². The van der Waals surface area contributed by atoms with Gasteiger partial charge >= 0.3 is 0 Å². The fraction of sp³-hybridized carbons (Fsp3) is 0.415. The normalized spacial score (nSPS) is 19.2. The van der Waals surface area contributed by atoms with Gasteiger partial charge in [-0.25, -0.2) is 4.98 Å². The van der Waals surface area contributed by atoms with E-state index in [0.29, 0.717) is 46.9 Å². The van der Waals surface area contributed by atoms with Crippen molar-refractivity contribution in [3.05, 3.63) is 118 Å². The van der Waals surface area contributed by atoms with E-state index in [9.17, 15) is 9.59 Å². The van der Waals surface area contributed by atoms with Crippen LogP contribution in [-0.2, 0) is 28.9 Å². The number of hydrogen-bond donors (Lipinski definition) is 1. The molecule has 0 atom stereocenters. The summed E-state index contributed by atoms with van der Waals surface area (Å²) >= 11 is 6.18.